The second kappa shape index (κ2) is 8.94. The molecule has 0 bridgehead atoms. The Labute approximate surface area is 179 Å². The van der Waals surface area contributed by atoms with Crippen LogP contribution in [0.4, 0.5) is 10.1 Å². The molecule has 2 aliphatic rings. The van der Waals surface area contributed by atoms with Crippen LogP contribution in [0.15, 0.2) is 42.5 Å². The number of piperazine rings is 1. The lowest BCUT2D eigenvalue weighted by atomic mass is 9.71. The molecule has 1 N–H and O–H groups in total. The van der Waals surface area contributed by atoms with Crippen LogP contribution >= 0.6 is 0 Å². The maximum atomic E-state index is 13.8. The van der Waals surface area contributed by atoms with Crippen molar-refractivity contribution in [1.29, 1.82) is 0 Å². The third kappa shape index (κ3) is 4.19. The van der Waals surface area contributed by atoms with Gasteiger partial charge in [0.15, 0.2) is 0 Å². The Morgan fingerprint density at radius 2 is 1.87 bits per heavy atom. The molecule has 30 heavy (non-hydrogen) atoms. The Hall–Kier alpha value is -2.11. The van der Waals surface area contributed by atoms with Crippen molar-refractivity contribution in [3.8, 4) is 5.75 Å². The largest absolute Gasteiger partial charge is 0.495 e. The van der Waals surface area contributed by atoms with Gasteiger partial charge in [0.2, 0.25) is 0 Å². The summed E-state index contributed by atoms with van der Waals surface area (Å²) >= 11 is 0. The summed E-state index contributed by atoms with van der Waals surface area (Å²) < 4.78 is 19.3. The molecule has 1 saturated heterocycles. The first-order chi connectivity index (χ1) is 14.5. The lowest BCUT2D eigenvalue weighted by Crippen LogP contribution is -2.51. The van der Waals surface area contributed by atoms with E-state index in [-0.39, 0.29) is 11.7 Å². The Balaban J connectivity index is 1.44. The smallest absolute Gasteiger partial charge is 0.142 e. The Morgan fingerprint density at radius 3 is 2.60 bits per heavy atom. The zero-order chi connectivity index (χ0) is 21.1. The quantitative estimate of drug-likeness (QED) is 0.792. The molecule has 2 aromatic carbocycles. The first kappa shape index (κ1) is 21.1. The molecule has 0 spiro atoms. The summed E-state index contributed by atoms with van der Waals surface area (Å²) in [7, 11) is 1.72. The summed E-state index contributed by atoms with van der Waals surface area (Å²) in [5.41, 5.74) is 1.77. The highest BCUT2D eigenvalue weighted by Gasteiger charge is 2.41. The van der Waals surface area contributed by atoms with Crippen molar-refractivity contribution >= 4 is 5.69 Å². The minimum Gasteiger partial charge on any atom is -0.495 e. The molecule has 2 fully saturated rings. The van der Waals surface area contributed by atoms with Gasteiger partial charge in [0.1, 0.15) is 11.6 Å². The number of methoxy groups -OCH3 is 1. The number of hydrogen-bond acceptors (Lipinski definition) is 4. The number of rotatable bonds is 5. The minimum atomic E-state index is -0.865. The van der Waals surface area contributed by atoms with Gasteiger partial charge < -0.3 is 14.7 Å². The summed E-state index contributed by atoms with van der Waals surface area (Å²) in [5.74, 6) is 0.885. The number of para-hydroxylation sites is 2. The number of aliphatic hydroxyl groups is 1. The molecular formula is C25H33FN2O2. The molecule has 4 rings (SSSR count). The van der Waals surface area contributed by atoms with E-state index in [1.807, 2.05) is 18.2 Å². The van der Waals surface area contributed by atoms with E-state index in [0.29, 0.717) is 5.56 Å². The molecule has 1 aliphatic heterocycles. The van der Waals surface area contributed by atoms with E-state index >= 15 is 0 Å². The maximum Gasteiger partial charge on any atom is 0.142 e. The Morgan fingerprint density at radius 1 is 1.10 bits per heavy atom. The zero-order valence-electron chi connectivity index (χ0n) is 18.1. The van der Waals surface area contributed by atoms with Crippen molar-refractivity contribution in [3.05, 3.63) is 59.4 Å². The number of halogens is 1. The molecule has 4 nitrogen and oxygen atoms in total. The van der Waals surface area contributed by atoms with Crippen LogP contribution in [0.3, 0.4) is 0 Å². The van der Waals surface area contributed by atoms with Crippen molar-refractivity contribution < 1.29 is 14.2 Å². The molecule has 1 heterocycles. The molecular weight excluding hydrogens is 379 g/mol. The molecule has 0 aromatic heterocycles. The molecule has 1 saturated carbocycles. The standard InChI is InChI=1S/C25H33FN2O2/c1-19-17-20(10-11-22(19)26)25(29)12-6-5-7-21(25)18-27-13-15-28(16-14-27)23-8-3-4-9-24(23)30-2/h3-4,8-11,17,21,29H,5-7,12-16,18H2,1-2H3. The molecule has 0 amide bonds. The number of anilines is 1. The topological polar surface area (TPSA) is 35.9 Å². The van der Waals surface area contributed by atoms with Crippen LogP contribution in [0.2, 0.25) is 0 Å². The third-order valence-corrected chi connectivity index (χ3v) is 6.97. The third-order valence-electron chi connectivity index (χ3n) is 6.97. The van der Waals surface area contributed by atoms with Crippen LogP contribution in [0.1, 0.15) is 36.8 Å². The van der Waals surface area contributed by atoms with Gasteiger partial charge in [-0.2, -0.15) is 0 Å². The number of benzene rings is 2. The summed E-state index contributed by atoms with van der Waals surface area (Å²) in [4.78, 5) is 4.86. The molecule has 162 valence electrons. The van der Waals surface area contributed by atoms with Crippen molar-refractivity contribution in [2.75, 3.05) is 44.7 Å². The normalized spacial score (nSPS) is 25.3. The van der Waals surface area contributed by atoms with Crippen LogP contribution in [0, 0.1) is 18.7 Å². The van der Waals surface area contributed by atoms with Gasteiger partial charge in [-0.25, -0.2) is 4.39 Å². The van der Waals surface area contributed by atoms with E-state index in [0.717, 1.165) is 75.4 Å². The summed E-state index contributed by atoms with van der Waals surface area (Å²) in [6.07, 6.45) is 3.93. The molecule has 1 aliphatic carbocycles. The molecule has 0 radical (unpaired) electrons. The first-order valence-corrected chi connectivity index (χ1v) is 11.1. The molecule has 2 atom stereocenters. The summed E-state index contributed by atoms with van der Waals surface area (Å²) in [6.45, 7) is 6.48. The molecule has 2 unspecified atom stereocenters. The highest BCUT2D eigenvalue weighted by molar-refractivity contribution is 5.58. The van der Waals surface area contributed by atoms with Gasteiger partial charge in [-0.05, 0) is 49.1 Å². The average molecular weight is 413 g/mol. The van der Waals surface area contributed by atoms with Gasteiger partial charge in [0.05, 0.1) is 18.4 Å². The zero-order valence-corrected chi connectivity index (χ0v) is 18.1. The number of aryl methyl sites for hydroxylation is 1. The predicted octanol–water partition coefficient (Wildman–Crippen LogP) is 4.34. The van der Waals surface area contributed by atoms with Crippen LogP contribution < -0.4 is 9.64 Å². The van der Waals surface area contributed by atoms with Gasteiger partial charge in [-0.15, -0.1) is 0 Å². The Kier molecular flexibility index (Phi) is 6.30. The molecule has 5 heteroatoms. The fourth-order valence-electron chi connectivity index (χ4n) is 5.14. The van der Waals surface area contributed by atoms with Crippen LogP contribution in [-0.4, -0.2) is 49.8 Å². The SMILES string of the molecule is COc1ccccc1N1CCN(CC2CCCCC2(O)c2ccc(F)c(C)c2)CC1. The van der Waals surface area contributed by atoms with Crippen LogP contribution in [0.25, 0.3) is 0 Å². The van der Waals surface area contributed by atoms with Gasteiger partial charge in [-0.3, -0.25) is 4.90 Å². The lowest BCUT2D eigenvalue weighted by molar-refractivity contribution is -0.0660. The van der Waals surface area contributed by atoms with Crippen LogP contribution in [-0.2, 0) is 5.60 Å². The van der Waals surface area contributed by atoms with Crippen molar-refractivity contribution in [1.82, 2.24) is 4.90 Å². The monoisotopic (exact) mass is 412 g/mol. The maximum absolute atomic E-state index is 13.8. The fraction of sp³-hybridized carbons (Fsp3) is 0.520. The van der Waals surface area contributed by atoms with Gasteiger partial charge >= 0.3 is 0 Å². The number of ether oxygens (including phenoxy) is 1. The van der Waals surface area contributed by atoms with E-state index < -0.39 is 5.60 Å². The van der Waals surface area contributed by atoms with Gasteiger partial charge in [-0.1, -0.05) is 37.1 Å². The van der Waals surface area contributed by atoms with Gasteiger partial charge in [0, 0.05) is 38.6 Å². The van der Waals surface area contributed by atoms with Gasteiger partial charge in [0.25, 0.3) is 0 Å². The summed E-state index contributed by atoms with van der Waals surface area (Å²) in [5, 5.41) is 11.7. The van der Waals surface area contributed by atoms with E-state index in [1.54, 1.807) is 20.1 Å². The van der Waals surface area contributed by atoms with Crippen LogP contribution in [0.5, 0.6) is 5.75 Å². The highest BCUT2D eigenvalue weighted by Crippen LogP contribution is 2.42. The second-order valence-electron chi connectivity index (χ2n) is 8.79. The summed E-state index contributed by atoms with van der Waals surface area (Å²) in [6, 6.07) is 13.3. The average Bonchev–Trinajstić information content (AvgIpc) is 2.78. The second-order valence-corrected chi connectivity index (χ2v) is 8.79. The van der Waals surface area contributed by atoms with E-state index in [9.17, 15) is 9.50 Å². The molecule has 2 aromatic rings. The lowest BCUT2D eigenvalue weighted by Gasteiger charge is -2.45. The van der Waals surface area contributed by atoms with Crippen molar-refractivity contribution in [3.63, 3.8) is 0 Å². The fourth-order valence-corrected chi connectivity index (χ4v) is 5.14. The van der Waals surface area contributed by atoms with E-state index in [2.05, 4.69) is 21.9 Å². The van der Waals surface area contributed by atoms with E-state index in [1.165, 1.54) is 6.07 Å². The predicted molar refractivity (Wildman–Crippen MR) is 119 cm³/mol. The van der Waals surface area contributed by atoms with Crippen molar-refractivity contribution in [2.24, 2.45) is 5.92 Å². The minimum absolute atomic E-state index is 0.175. The van der Waals surface area contributed by atoms with Crippen molar-refractivity contribution in [2.45, 2.75) is 38.2 Å². The number of hydrogen-bond donors (Lipinski definition) is 1. The van der Waals surface area contributed by atoms with E-state index in [4.69, 9.17) is 4.74 Å². The Bertz CT molecular complexity index is 866. The highest BCUT2D eigenvalue weighted by atomic mass is 19.1. The first-order valence-electron chi connectivity index (χ1n) is 11.1. The number of nitrogens with zero attached hydrogens (tertiary/aromatic N) is 2.